The van der Waals surface area contributed by atoms with Crippen LogP contribution >= 0.6 is 31.9 Å². The summed E-state index contributed by atoms with van der Waals surface area (Å²) in [5, 5.41) is 0. The lowest BCUT2D eigenvalue weighted by molar-refractivity contribution is 0.691. The third kappa shape index (κ3) is 5.17. The molecule has 0 aliphatic heterocycles. The fourth-order valence-corrected chi connectivity index (χ4v) is 0. The molecule has 40 valence electrons. The van der Waals surface area contributed by atoms with Crippen LogP contribution in [0.4, 0.5) is 0 Å². The van der Waals surface area contributed by atoms with E-state index in [-0.39, 0.29) is 0 Å². The molecule has 4 heteroatoms. The fraction of sp³-hybridized carbons (Fsp3) is 1.00. The third-order valence-corrected chi connectivity index (χ3v) is 3.87. The minimum Gasteiger partial charge on any atom is -0.261 e. The van der Waals surface area contributed by atoms with Gasteiger partial charge in [-0.15, -0.1) is 0 Å². The molecule has 0 amide bonds. The van der Waals surface area contributed by atoms with Crippen molar-refractivity contribution in [3.63, 3.8) is 0 Å². The van der Waals surface area contributed by atoms with Gasteiger partial charge in [-0.2, -0.15) is 0 Å². The second-order valence-electron chi connectivity index (χ2n) is 0.886. The molecule has 6 heavy (non-hydrogen) atoms. The zero-order valence-corrected chi connectivity index (χ0v) is 7.13. The highest BCUT2D eigenvalue weighted by Gasteiger charge is 1.96. The highest BCUT2D eigenvalue weighted by Crippen LogP contribution is 2.18. The van der Waals surface area contributed by atoms with E-state index >= 15 is 0 Å². The van der Waals surface area contributed by atoms with Gasteiger partial charge >= 0.3 is 0 Å². The lowest BCUT2D eigenvalue weighted by Crippen LogP contribution is -1.90. The summed E-state index contributed by atoms with van der Waals surface area (Å²) >= 11 is 1.76. The van der Waals surface area contributed by atoms with Gasteiger partial charge in [0.25, 0.3) is 0 Å². The van der Waals surface area contributed by atoms with E-state index in [1.54, 1.807) is 28.1 Å². The predicted molar refractivity (Wildman–Crippen MR) is 40.0 cm³/mol. The lowest BCUT2D eigenvalue weighted by Gasteiger charge is -1.97. The summed E-state index contributed by atoms with van der Waals surface area (Å²) in [7, 11) is 5.26. The van der Waals surface area contributed by atoms with Crippen molar-refractivity contribution in [2.75, 3.05) is 5.75 Å². The SMILES string of the molecule is CC[SH](=O)(Cl)I. The molecule has 0 N–H and O–H groups in total. The first kappa shape index (κ1) is 7.17. The van der Waals surface area contributed by atoms with Crippen LogP contribution in [-0.4, -0.2) is 9.96 Å². The molecule has 0 fully saturated rings. The van der Waals surface area contributed by atoms with E-state index in [9.17, 15) is 4.21 Å². The van der Waals surface area contributed by atoms with Gasteiger partial charge in [-0.05, 0) is 10.7 Å². The topological polar surface area (TPSA) is 17.1 Å². The molecule has 0 aliphatic carbocycles. The number of hydrogen-bond donors (Lipinski definition) is 1. The van der Waals surface area contributed by atoms with Crippen LogP contribution < -0.4 is 0 Å². The van der Waals surface area contributed by atoms with Gasteiger partial charge in [-0.25, -0.2) is 0 Å². The third-order valence-electron chi connectivity index (χ3n) is 0.368. The van der Waals surface area contributed by atoms with Crippen LogP contribution in [0, 0.1) is 0 Å². The summed E-state index contributed by atoms with van der Waals surface area (Å²) in [6, 6.07) is 0. The molecule has 0 spiro atoms. The van der Waals surface area contributed by atoms with Gasteiger partial charge in [0, 0.05) is 33.3 Å². The Morgan fingerprint density at radius 2 is 2.17 bits per heavy atom. The van der Waals surface area contributed by atoms with Gasteiger partial charge < -0.3 is 0 Å². The molecule has 0 aliphatic rings. The van der Waals surface area contributed by atoms with Crippen LogP contribution in [0.3, 0.4) is 0 Å². The van der Waals surface area contributed by atoms with E-state index in [0.717, 1.165) is 0 Å². The van der Waals surface area contributed by atoms with Crippen LogP contribution in [0.5, 0.6) is 0 Å². The highest BCUT2D eigenvalue weighted by atomic mass is 127. The maximum atomic E-state index is 10.3. The van der Waals surface area contributed by atoms with Crippen molar-refractivity contribution >= 4 is 38.2 Å². The summed E-state index contributed by atoms with van der Waals surface area (Å²) in [6.45, 7) is 1.81. The van der Waals surface area contributed by atoms with E-state index < -0.39 is 6.32 Å². The molecule has 1 nitrogen and oxygen atoms in total. The molecule has 0 atom stereocenters. The monoisotopic (exact) mass is 240 g/mol. The van der Waals surface area contributed by atoms with Gasteiger partial charge in [-0.1, -0.05) is 6.92 Å². The number of rotatable bonds is 1. The van der Waals surface area contributed by atoms with Crippen molar-refractivity contribution < 1.29 is 4.21 Å². The van der Waals surface area contributed by atoms with Gasteiger partial charge in [0.1, 0.15) is 0 Å². The zero-order valence-electron chi connectivity index (χ0n) is 3.32. The van der Waals surface area contributed by atoms with Crippen LogP contribution in [0.1, 0.15) is 6.92 Å². The maximum absolute atomic E-state index is 10.3. The lowest BCUT2D eigenvalue weighted by atomic mass is 11.0. The standard InChI is InChI=1S/C2H6ClIOS/c1-2-6(3,4)5/h6H,2H2,1H3. The summed E-state index contributed by atoms with van der Waals surface area (Å²) in [6.07, 6.45) is -2.20. The minimum atomic E-state index is -2.20. The van der Waals surface area contributed by atoms with Crippen molar-refractivity contribution in [2.45, 2.75) is 6.92 Å². The van der Waals surface area contributed by atoms with Gasteiger partial charge in [0.2, 0.25) is 0 Å². The number of thiol groups is 1. The Hall–Kier alpha value is 1.17. The Morgan fingerprint density at radius 1 is 2.00 bits per heavy atom. The predicted octanol–water partition coefficient (Wildman–Crippen LogP) is 1.53. The molecular weight excluding hydrogens is 234 g/mol. The van der Waals surface area contributed by atoms with E-state index in [1.807, 2.05) is 0 Å². The van der Waals surface area contributed by atoms with Crippen LogP contribution in [0.2, 0.25) is 0 Å². The van der Waals surface area contributed by atoms with Gasteiger partial charge in [-0.3, -0.25) is 4.21 Å². The van der Waals surface area contributed by atoms with Crippen LogP contribution in [-0.2, 0) is 6.32 Å². The summed E-state index contributed by atoms with van der Waals surface area (Å²) in [5.41, 5.74) is 0. The molecule has 0 saturated heterocycles. The molecule has 0 saturated carbocycles. The van der Waals surface area contributed by atoms with E-state index in [2.05, 4.69) is 0 Å². The Labute approximate surface area is 55.0 Å². The quantitative estimate of drug-likeness (QED) is 0.418. The maximum Gasteiger partial charge on any atom is 0.0191 e. The van der Waals surface area contributed by atoms with Crippen LogP contribution in [0.15, 0.2) is 0 Å². The second-order valence-corrected chi connectivity index (χ2v) is 10.7. The van der Waals surface area contributed by atoms with Crippen molar-refractivity contribution in [1.82, 2.24) is 0 Å². The summed E-state index contributed by atoms with van der Waals surface area (Å²) in [4.78, 5) is 0. The smallest absolute Gasteiger partial charge is 0.0191 e. The average molecular weight is 240 g/mol. The molecule has 0 rings (SSSR count). The summed E-state index contributed by atoms with van der Waals surface area (Å²) < 4.78 is 10.3. The number of hydrogen-bond acceptors (Lipinski definition) is 1. The molecule has 0 aromatic carbocycles. The Balaban J connectivity index is 3.48. The molecule has 0 aromatic rings. The Bertz CT molecular complexity index is 77.6. The van der Waals surface area contributed by atoms with Crippen LogP contribution in [0.25, 0.3) is 0 Å². The molecular formula is C2H6ClIOS. The first-order valence-electron chi connectivity index (χ1n) is 1.54. The molecule has 0 heterocycles. The van der Waals surface area contributed by atoms with E-state index in [4.69, 9.17) is 10.7 Å². The molecule has 0 unspecified atom stereocenters. The minimum absolute atomic E-state index is 0.578. The number of halogens is 2. The largest absolute Gasteiger partial charge is 0.261 e. The fourth-order valence-electron chi connectivity index (χ4n) is 0. The van der Waals surface area contributed by atoms with Crippen molar-refractivity contribution in [3.8, 4) is 0 Å². The van der Waals surface area contributed by atoms with Gasteiger partial charge in [0.15, 0.2) is 0 Å². The normalized spacial score (nSPS) is 14.5. The second kappa shape index (κ2) is 2.47. The molecule has 0 radical (unpaired) electrons. The Morgan fingerprint density at radius 3 is 2.17 bits per heavy atom. The first-order valence-corrected chi connectivity index (χ1v) is 7.13. The van der Waals surface area contributed by atoms with E-state index in [1.165, 1.54) is 0 Å². The first-order chi connectivity index (χ1) is 2.56. The molecule has 0 bridgehead atoms. The Kier molecular flexibility index (Phi) is 2.95. The zero-order chi connectivity index (χ0) is 5.21. The average Bonchev–Trinajstić information content (AvgIpc) is 1.35. The van der Waals surface area contributed by atoms with E-state index in [0.29, 0.717) is 5.75 Å². The summed E-state index contributed by atoms with van der Waals surface area (Å²) in [5.74, 6) is 0.578. The highest BCUT2D eigenvalue weighted by molar-refractivity contribution is 14.2. The van der Waals surface area contributed by atoms with Crippen molar-refractivity contribution in [1.29, 1.82) is 0 Å². The van der Waals surface area contributed by atoms with Crippen molar-refractivity contribution in [3.05, 3.63) is 0 Å². The van der Waals surface area contributed by atoms with Gasteiger partial charge in [0.05, 0.1) is 0 Å². The van der Waals surface area contributed by atoms with Crippen molar-refractivity contribution in [2.24, 2.45) is 0 Å². The molecule has 0 aromatic heterocycles.